The number of anilines is 1. The van der Waals surface area contributed by atoms with E-state index < -0.39 is 5.91 Å². The normalized spacial score (nSPS) is 10.7. The highest BCUT2D eigenvalue weighted by atomic mass is 16.1. The number of rotatable bonds is 2. The molecule has 0 bridgehead atoms. The van der Waals surface area contributed by atoms with Crippen LogP contribution in [0, 0.1) is 0 Å². The number of nitrogens with two attached hydrogens (primary N) is 2. The van der Waals surface area contributed by atoms with E-state index in [0.29, 0.717) is 5.82 Å². The van der Waals surface area contributed by atoms with Gasteiger partial charge in [0.25, 0.3) is 5.91 Å². The number of aromatic nitrogens is 3. The van der Waals surface area contributed by atoms with Gasteiger partial charge in [-0.15, -0.1) is 0 Å². The number of carbonyl (C=O) groups is 1. The van der Waals surface area contributed by atoms with Gasteiger partial charge in [-0.2, -0.15) is 5.10 Å². The molecule has 0 fully saturated rings. The quantitative estimate of drug-likeness (QED) is 0.714. The summed E-state index contributed by atoms with van der Waals surface area (Å²) < 4.78 is 1.47. The number of hydrogen-bond acceptors (Lipinski definition) is 4. The maximum absolute atomic E-state index is 11.2. The van der Waals surface area contributed by atoms with Gasteiger partial charge in [-0.3, -0.25) is 4.79 Å². The summed E-state index contributed by atoms with van der Waals surface area (Å²) in [4.78, 5) is 15.5. The molecule has 0 saturated heterocycles. The van der Waals surface area contributed by atoms with Crippen LogP contribution in [0.5, 0.6) is 0 Å². The van der Waals surface area contributed by atoms with Gasteiger partial charge in [0.1, 0.15) is 0 Å². The summed E-state index contributed by atoms with van der Waals surface area (Å²) in [6.45, 7) is 0. The zero-order chi connectivity index (χ0) is 13.4. The summed E-state index contributed by atoms with van der Waals surface area (Å²) in [7, 11) is 0. The van der Waals surface area contributed by atoms with Crippen molar-refractivity contribution in [1.82, 2.24) is 14.8 Å². The van der Waals surface area contributed by atoms with E-state index in [-0.39, 0.29) is 11.4 Å². The van der Waals surface area contributed by atoms with E-state index in [0.717, 1.165) is 10.8 Å². The maximum Gasteiger partial charge on any atom is 0.271 e. The molecule has 2 aromatic heterocycles. The summed E-state index contributed by atoms with van der Waals surface area (Å²) in [6, 6.07) is 9.66. The van der Waals surface area contributed by atoms with Gasteiger partial charge in [0.2, 0.25) is 0 Å². The second-order valence-electron chi connectivity index (χ2n) is 4.10. The number of amides is 1. The van der Waals surface area contributed by atoms with Gasteiger partial charge in [0.15, 0.2) is 11.5 Å². The molecule has 3 rings (SSSR count). The Hall–Kier alpha value is -2.89. The number of nitrogen functional groups attached to an aromatic ring is 1. The van der Waals surface area contributed by atoms with Crippen molar-refractivity contribution >= 4 is 22.4 Å². The van der Waals surface area contributed by atoms with Crippen molar-refractivity contribution in [2.24, 2.45) is 5.73 Å². The van der Waals surface area contributed by atoms with E-state index in [1.165, 1.54) is 10.9 Å². The standard InChI is InChI=1S/C13H11N5O/c14-10-7-18(17-11(10)12(15)19)13-9-4-2-1-3-8(9)5-6-16-13/h1-7H,14H2,(H2,15,19). The third kappa shape index (κ3) is 1.79. The first-order valence-electron chi connectivity index (χ1n) is 5.66. The predicted octanol–water partition coefficient (Wildman–Crippen LogP) is 1.10. The highest BCUT2D eigenvalue weighted by Gasteiger charge is 2.14. The number of benzene rings is 1. The fraction of sp³-hybridized carbons (Fsp3) is 0. The number of nitrogens with zero attached hydrogens (tertiary/aromatic N) is 3. The predicted molar refractivity (Wildman–Crippen MR) is 71.8 cm³/mol. The molecule has 94 valence electrons. The van der Waals surface area contributed by atoms with Crippen LogP contribution >= 0.6 is 0 Å². The Morgan fingerprint density at radius 1 is 1.21 bits per heavy atom. The van der Waals surface area contributed by atoms with Gasteiger partial charge in [-0.05, 0) is 11.5 Å². The highest BCUT2D eigenvalue weighted by molar-refractivity contribution is 5.96. The Balaban J connectivity index is 2.25. The van der Waals surface area contributed by atoms with Gasteiger partial charge in [0, 0.05) is 11.6 Å². The van der Waals surface area contributed by atoms with Crippen LogP contribution in [0.2, 0.25) is 0 Å². The van der Waals surface area contributed by atoms with Gasteiger partial charge in [-0.25, -0.2) is 9.67 Å². The van der Waals surface area contributed by atoms with Crippen LogP contribution < -0.4 is 11.5 Å². The minimum Gasteiger partial charge on any atom is -0.396 e. The van der Waals surface area contributed by atoms with Crippen LogP contribution in [0.25, 0.3) is 16.6 Å². The average Bonchev–Trinajstić information content (AvgIpc) is 2.80. The topological polar surface area (TPSA) is 99.8 Å². The Morgan fingerprint density at radius 2 is 2.00 bits per heavy atom. The van der Waals surface area contributed by atoms with Gasteiger partial charge in [-0.1, -0.05) is 24.3 Å². The summed E-state index contributed by atoms with van der Waals surface area (Å²) in [5, 5.41) is 6.03. The second kappa shape index (κ2) is 4.09. The number of carbonyl (C=O) groups excluding carboxylic acids is 1. The highest BCUT2D eigenvalue weighted by Crippen LogP contribution is 2.21. The number of hydrogen-bond donors (Lipinski definition) is 2. The Kier molecular flexibility index (Phi) is 2.42. The van der Waals surface area contributed by atoms with Crippen molar-refractivity contribution in [3.05, 3.63) is 48.4 Å². The molecular weight excluding hydrogens is 242 g/mol. The molecule has 0 unspecified atom stereocenters. The number of primary amides is 1. The molecule has 0 atom stereocenters. The monoisotopic (exact) mass is 253 g/mol. The Labute approximate surface area is 108 Å². The van der Waals surface area contributed by atoms with E-state index in [1.807, 2.05) is 30.3 Å². The summed E-state index contributed by atoms with van der Waals surface area (Å²) in [5.74, 6) is -0.0474. The largest absolute Gasteiger partial charge is 0.396 e. The van der Waals surface area contributed by atoms with E-state index in [9.17, 15) is 4.79 Å². The smallest absolute Gasteiger partial charge is 0.271 e. The van der Waals surface area contributed by atoms with E-state index in [1.54, 1.807) is 6.20 Å². The third-order valence-corrected chi connectivity index (χ3v) is 2.85. The van der Waals surface area contributed by atoms with Crippen LogP contribution in [0.1, 0.15) is 10.5 Å². The minimum absolute atomic E-state index is 0.0507. The summed E-state index contributed by atoms with van der Waals surface area (Å²) in [5.41, 5.74) is 11.2. The molecule has 6 nitrogen and oxygen atoms in total. The zero-order valence-corrected chi connectivity index (χ0v) is 9.95. The molecule has 4 N–H and O–H groups in total. The molecule has 2 heterocycles. The lowest BCUT2D eigenvalue weighted by Crippen LogP contribution is -2.14. The molecule has 1 amide bonds. The summed E-state index contributed by atoms with van der Waals surface area (Å²) in [6.07, 6.45) is 3.22. The van der Waals surface area contributed by atoms with E-state index in [2.05, 4.69) is 10.1 Å². The van der Waals surface area contributed by atoms with E-state index in [4.69, 9.17) is 11.5 Å². The van der Waals surface area contributed by atoms with Crippen LogP contribution in [0.3, 0.4) is 0 Å². The molecule has 19 heavy (non-hydrogen) atoms. The number of fused-ring (bicyclic) bond motifs is 1. The molecule has 0 spiro atoms. The second-order valence-corrected chi connectivity index (χ2v) is 4.10. The molecule has 0 aliphatic carbocycles. The first-order chi connectivity index (χ1) is 9.16. The molecule has 3 aromatic rings. The zero-order valence-electron chi connectivity index (χ0n) is 9.95. The third-order valence-electron chi connectivity index (χ3n) is 2.85. The van der Waals surface area contributed by atoms with Gasteiger partial charge >= 0.3 is 0 Å². The molecule has 1 aromatic carbocycles. The lowest BCUT2D eigenvalue weighted by atomic mass is 10.1. The minimum atomic E-state index is -0.656. The van der Waals surface area contributed by atoms with Crippen molar-refractivity contribution in [3.8, 4) is 5.82 Å². The molecular formula is C13H11N5O. The van der Waals surface area contributed by atoms with Crippen LogP contribution in [-0.4, -0.2) is 20.7 Å². The first kappa shape index (κ1) is 11.2. The Bertz CT molecular complexity index is 772. The maximum atomic E-state index is 11.2. The van der Waals surface area contributed by atoms with E-state index >= 15 is 0 Å². The Morgan fingerprint density at radius 3 is 2.74 bits per heavy atom. The van der Waals surface area contributed by atoms with Gasteiger partial charge in [0.05, 0.1) is 11.9 Å². The number of pyridine rings is 1. The fourth-order valence-electron chi connectivity index (χ4n) is 1.97. The van der Waals surface area contributed by atoms with Gasteiger partial charge < -0.3 is 11.5 Å². The molecule has 0 saturated carbocycles. The van der Waals surface area contributed by atoms with Crippen molar-refractivity contribution in [1.29, 1.82) is 0 Å². The molecule has 0 aliphatic heterocycles. The van der Waals surface area contributed by atoms with Crippen molar-refractivity contribution in [2.45, 2.75) is 0 Å². The average molecular weight is 253 g/mol. The van der Waals surface area contributed by atoms with Crippen LogP contribution in [0.4, 0.5) is 5.69 Å². The van der Waals surface area contributed by atoms with Crippen molar-refractivity contribution < 1.29 is 4.79 Å². The summed E-state index contributed by atoms with van der Waals surface area (Å²) >= 11 is 0. The molecule has 0 radical (unpaired) electrons. The van der Waals surface area contributed by atoms with Crippen LogP contribution in [-0.2, 0) is 0 Å². The molecule has 0 aliphatic rings. The SMILES string of the molecule is NC(=O)c1nn(-c2nccc3ccccc23)cc1N. The lowest BCUT2D eigenvalue weighted by Gasteiger charge is -2.04. The fourth-order valence-corrected chi connectivity index (χ4v) is 1.97. The first-order valence-corrected chi connectivity index (χ1v) is 5.66. The van der Waals surface area contributed by atoms with Crippen molar-refractivity contribution in [3.63, 3.8) is 0 Å². The van der Waals surface area contributed by atoms with Crippen LogP contribution in [0.15, 0.2) is 42.7 Å². The lowest BCUT2D eigenvalue weighted by molar-refractivity contribution is 0.0996. The molecule has 6 heteroatoms. The van der Waals surface area contributed by atoms with Crippen molar-refractivity contribution in [2.75, 3.05) is 5.73 Å².